The molecule has 1 amide bonds. The molecule has 2 nitrogen and oxygen atoms in total. The van der Waals surface area contributed by atoms with E-state index < -0.39 is 0 Å². The summed E-state index contributed by atoms with van der Waals surface area (Å²) in [6.45, 7) is 2.80. The van der Waals surface area contributed by atoms with Gasteiger partial charge < -0.3 is 5.32 Å². The third-order valence-corrected chi connectivity index (χ3v) is 3.80. The average molecular weight is 296 g/mol. The minimum Gasteiger partial charge on any atom is -0.352 e. The number of nitrogens with one attached hydrogen (secondary N) is 1. The standard InChI is InChI=1S/C14H18BrNO/c1-10-4-7-12(13(15)9-10)14(17)16-8-2-3-11-5-6-11/h4,7,9,11H,2-3,5-6,8H2,1H3,(H,16,17). The number of amides is 1. The molecule has 1 aromatic carbocycles. The van der Waals surface area contributed by atoms with Crippen molar-refractivity contribution in [3.8, 4) is 0 Å². The number of carbonyl (C=O) groups is 1. The number of aryl methyl sites for hydroxylation is 1. The summed E-state index contributed by atoms with van der Waals surface area (Å²) < 4.78 is 0.872. The molecule has 1 aliphatic carbocycles. The second-order valence-corrected chi connectivity index (χ2v) is 5.68. The third-order valence-electron chi connectivity index (χ3n) is 3.14. The Bertz CT molecular complexity index is 413. The Labute approximate surface area is 111 Å². The molecule has 1 aliphatic rings. The summed E-state index contributed by atoms with van der Waals surface area (Å²) in [5.41, 5.74) is 1.88. The number of hydrogen-bond donors (Lipinski definition) is 1. The van der Waals surface area contributed by atoms with Crippen LogP contribution in [0, 0.1) is 12.8 Å². The first-order valence-electron chi connectivity index (χ1n) is 6.21. The third kappa shape index (κ3) is 3.84. The van der Waals surface area contributed by atoms with Gasteiger partial charge in [0.2, 0.25) is 0 Å². The molecule has 0 saturated heterocycles. The summed E-state index contributed by atoms with van der Waals surface area (Å²) in [6, 6.07) is 5.80. The quantitative estimate of drug-likeness (QED) is 0.825. The number of hydrogen-bond acceptors (Lipinski definition) is 1. The maximum atomic E-state index is 11.9. The molecule has 1 aromatic rings. The van der Waals surface area contributed by atoms with Crippen LogP contribution in [-0.2, 0) is 0 Å². The van der Waals surface area contributed by atoms with E-state index in [2.05, 4.69) is 21.2 Å². The van der Waals surface area contributed by atoms with Crippen molar-refractivity contribution < 1.29 is 4.79 Å². The zero-order valence-electron chi connectivity index (χ0n) is 10.1. The Morgan fingerprint density at radius 3 is 2.88 bits per heavy atom. The van der Waals surface area contributed by atoms with Crippen molar-refractivity contribution in [2.75, 3.05) is 6.54 Å². The molecule has 0 spiro atoms. The summed E-state index contributed by atoms with van der Waals surface area (Å²) in [5, 5.41) is 2.97. The van der Waals surface area contributed by atoms with Crippen molar-refractivity contribution in [1.29, 1.82) is 0 Å². The molecular formula is C14H18BrNO. The predicted molar refractivity (Wildman–Crippen MR) is 73.2 cm³/mol. The monoisotopic (exact) mass is 295 g/mol. The van der Waals surface area contributed by atoms with Crippen molar-refractivity contribution in [3.63, 3.8) is 0 Å². The van der Waals surface area contributed by atoms with Crippen molar-refractivity contribution in [1.82, 2.24) is 5.32 Å². The van der Waals surface area contributed by atoms with E-state index in [0.717, 1.165) is 34.5 Å². The summed E-state index contributed by atoms with van der Waals surface area (Å²) in [6.07, 6.45) is 5.13. The van der Waals surface area contributed by atoms with E-state index in [1.807, 2.05) is 25.1 Å². The van der Waals surface area contributed by atoms with E-state index >= 15 is 0 Å². The van der Waals surface area contributed by atoms with E-state index in [4.69, 9.17) is 0 Å². The first-order chi connectivity index (χ1) is 8.16. The molecule has 17 heavy (non-hydrogen) atoms. The zero-order valence-corrected chi connectivity index (χ0v) is 11.7. The predicted octanol–water partition coefficient (Wildman–Crippen LogP) is 3.68. The number of carbonyl (C=O) groups excluding carboxylic acids is 1. The van der Waals surface area contributed by atoms with E-state index in [-0.39, 0.29) is 5.91 Å². The summed E-state index contributed by atoms with van der Waals surface area (Å²) in [7, 11) is 0. The van der Waals surface area contributed by atoms with Gasteiger partial charge >= 0.3 is 0 Å². The van der Waals surface area contributed by atoms with Gasteiger partial charge in [-0.15, -0.1) is 0 Å². The lowest BCUT2D eigenvalue weighted by Gasteiger charge is -2.07. The van der Waals surface area contributed by atoms with Gasteiger partial charge in [0.1, 0.15) is 0 Å². The van der Waals surface area contributed by atoms with Crippen molar-refractivity contribution in [2.24, 2.45) is 5.92 Å². The Kier molecular flexibility index (Phi) is 4.21. The minimum atomic E-state index is 0.0210. The molecule has 0 aromatic heterocycles. The normalized spacial score (nSPS) is 14.7. The van der Waals surface area contributed by atoms with Crippen LogP contribution in [0.3, 0.4) is 0 Å². The lowest BCUT2D eigenvalue weighted by molar-refractivity contribution is 0.0952. The van der Waals surface area contributed by atoms with Crippen LogP contribution < -0.4 is 5.32 Å². The molecule has 0 atom stereocenters. The maximum absolute atomic E-state index is 11.9. The van der Waals surface area contributed by atoms with Crippen molar-refractivity contribution in [3.05, 3.63) is 33.8 Å². The van der Waals surface area contributed by atoms with Gasteiger partial charge in [0.25, 0.3) is 5.91 Å². The van der Waals surface area contributed by atoms with Gasteiger partial charge in [-0.2, -0.15) is 0 Å². The molecule has 92 valence electrons. The molecule has 1 fully saturated rings. The first-order valence-corrected chi connectivity index (χ1v) is 7.00. The van der Waals surface area contributed by atoms with E-state index in [1.165, 1.54) is 19.3 Å². The van der Waals surface area contributed by atoms with Gasteiger partial charge in [-0.1, -0.05) is 18.9 Å². The van der Waals surface area contributed by atoms with Gasteiger partial charge in [-0.05, 0) is 59.3 Å². The topological polar surface area (TPSA) is 29.1 Å². The molecule has 2 rings (SSSR count). The van der Waals surface area contributed by atoms with Crippen LogP contribution in [0.5, 0.6) is 0 Å². The summed E-state index contributed by atoms with van der Waals surface area (Å²) in [4.78, 5) is 11.9. The van der Waals surface area contributed by atoms with Crippen LogP contribution >= 0.6 is 15.9 Å². The molecule has 0 radical (unpaired) electrons. The van der Waals surface area contributed by atoms with E-state index in [1.54, 1.807) is 0 Å². The molecule has 1 N–H and O–H groups in total. The SMILES string of the molecule is Cc1ccc(C(=O)NCCCC2CC2)c(Br)c1. The van der Waals surface area contributed by atoms with Crippen LogP contribution in [0.4, 0.5) is 0 Å². The van der Waals surface area contributed by atoms with Crippen LogP contribution in [0.15, 0.2) is 22.7 Å². The Morgan fingerprint density at radius 2 is 2.24 bits per heavy atom. The van der Waals surface area contributed by atoms with Gasteiger partial charge in [0, 0.05) is 11.0 Å². The zero-order chi connectivity index (χ0) is 12.3. The highest BCUT2D eigenvalue weighted by molar-refractivity contribution is 9.10. The molecule has 3 heteroatoms. The van der Waals surface area contributed by atoms with Crippen molar-refractivity contribution >= 4 is 21.8 Å². The second-order valence-electron chi connectivity index (χ2n) is 4.82. The van der Waals surface area contributed by atoms with Gasteiger partial charge in [0.05, 0.1) is 5.56 Å². The fourth-order valence-electron chi connectivity index (χ4n) is 1.90. The number of halogens is 1. The molecule has 1 saturated carbocycles. The fourth-order valence-corrected chi connectivity index (χ4v) is 2.57. The minimum absolute atomic E-state index is 0.0210. The smallest absolute Gasteiger partial charge is 0.252 e. The Morgan fingerprint density at radius 1 is 1.47 bits per heavy atom. The summed E-state index contributed by atoms with van der Waals surface area (Å²) >= 11 is 3.43. The lowest BCUT2D eigenvalue weighted by atomic mass is 10.1. The fraction of sp³-hybridized carbons (Fsp3) is 0.500. The number of benzene rings is 1. The molecule has 0 aliphatic heterocycles. The molecule has 0 unspecified atom stereocenters. The van der Waals surface area contributed by atoms with Crippen LogP contribution in [0.1, 0.15) is 41.6 Å². The maximum Gasteiger partial charge on any atom is 0.252 e. The van der Waals surface area contributed by atoms with Gasteiger partial charge in [0.15, 0.2) is 0 Å². The highest BCUT2D eigenvalue weighted by atomic mass is 79.9. The Hall–Kier alpha value is -0.830. The molecule has 0 bridgehead atoms. The summed E-state index contributed by atoms with van der Waals surface area (Å²) in [5.74, 6) is 0.964. The largest absolute Gasteiger partial charge is 0.352 e. The van der Waals surface area contributed by atoms with E-state index in [9.17, 15) is 4.79 Å². The first kappa shape index (κ1) is 12.6. The number of rotatable bonds is 5. The van der Waals surface area contributed by atoms with E-state index in [0.29, 0.717) is 0 Å². The highest BCUT2D eigenvalue weighted by Crippen LogP contribution is 2.33. The van der Waals surface area contributed by atoms with Crippen LogP contribution in [-0.4, -0.2) is 12.5 Å². The lowest BCUT2D eigenvalue weighted by Crippen LogP contribution is -2.24. The van der Waals surface area contributed by atoms with Gasteiger partial charge in [-0.3, -0.25) is 4.79 Å². The van der Waals surface area contributed by atoms with Crippen LogP contribution in [0.25, 0.3) is 0 Å². The van der Waals surface area contributed by atoms with Gasteiger partial charge in [-0.25, -0.2) is 0 Å². The molecule has 0 heterocycles. The second kappa shape index (κ2) is 5.67. The van der Waals surface area contributed by atoms with Crippen molar-refractivity contribution in [2.45, 2.75) is 32.6 Å². The van der Waals surface area contributed by atoms with Crippen LogP contribution in [0.2, 0.25) is 0 Å². The average Bonchev–Trinajstić information content (AvgIpc) is 3.08. The molecular weight excluding hydrogens is 278 g/mol. The Balaban J connectivity index is 1.81. The highest BCUT2D eigenvalue weighted by Gasteiger charge is 2.20.